The van der Waals surface area contributed by atoms with E-state index in [1.54, 1.807) is 0 Å². The molecule has 1 aliphatic rings. The zero-order valence-corrected chi connectivity index (χ0v) is 17.7. The van der Waals surface area contributed by atoms with Crippen molar-refractivity contribution in [3.8, 4) is 5.75 Å². The first kappa shape index (κ1) is 22.1. The molecule has 2 rings (SSSR count). The molecule has 0 aromatic heterocycles. The Morgan fingerprint density at radius 1 is 1.33 bits per heavy atom. The molecular formula is C20H33NO5S. The quantitative estimate of drug-likeness (QED) is 0.611. The van der Waals surface area contributed by atoms with Crippen LogP contribution in [0.15, 0.2) is 24.3 Å². The van der Waals surface area contributed by atoms with Crippen molar-refractivity contribution in [2.75, 3.05) is 32.2 Å². The Balaban J connectivity index is 1.81. The molecule has 1 fully saturated rings. The molecule has 7 heteroatoms. The van der Waals surface area contributed by atoms with Gasteiger partial charge in [-0.15, -0.1) is 0 Å². The number of ether oxygens (including phenoxy) is 3. The van der Waals surface area contributed by atoms with E-state index in [4.69, 9.17) is 14.2 Å². The molecule has 0 amide bonds. The normalized spacial score (nSPS) is 19.2. The van der Waals surface area contributed by atoms with Crippen molar-refractivity contribution < 1.29 is 22.6 Å². The Morgan fingerprint density at radius 3 is 2.78 bits per heavy atom. The SMILES string of the molecule is C[C@@H](NS(=O)(=O)CCCOCC(C)(C)C)c1cccc(O[C@H]2CCOC2)c1. The number of benzene rings is 1. The van der Waals surface area contributed by atoms with Crippen LogP contribution in [0.2, 0.25) is 0 Å². The van der Waals surface area contributed by atoms with Gasteiger partial charge < -0.3 is 14.2 Å². The molecule has 154 valence electrons. The van der Waals surface area contributed by atoms with Crippen LogP contribution >= 0.6 is 0 Å². The minimum absolute atomic E-state index is 0.0527. The van der Waals surface area contributed by atoms with Crippen LogP contribution in [0.4, 0.5) is 0 Å². The Labute approximate surface area is 163 Å². The predicted octanol–water partition coefficient (Wildman–Crippen LogP) is 3.29. The number of rotatable bonds is 10. The molecule has 0 radical (unpaired) electrons. The van der Waals surface area contributed by atoms with Crippen molar-refractivity contribution in [1.82, 2.24) is 4.72 Å². The fraction of sp³-hybridized carbons (Fsp3) is 0.700. The van der Waals surface area contributed by atoms with E-state index >= 15 is 0 Å². The molecule has 0 aliphatic carbocycles. The van der Waals surface area contributed by atoms with Crippen LogP contribution in [0, 0.1) is 5.41 Å². The van der Waals surface area contributed by atoms with Gasteiger partial charge in [0.25, 0.3) is 0 Å². The largest absolute Gasteiger partial charge is 0.488 e. The van der Waals surface area contributed by atoms with Crippen LogP contribution in [0.3, 0.4) is 0 Å². The third-order valence-corrected chi connectivity index (χ3v) is 5.68. The van der Waals surface area contributed by atoms with Crippen LogP contribution in [0.5, 0.6) is 5.75 Å². The molecule has 1 aliphatic heterocycles. The molecule has 27 heavy (non-hydrogen) atoms. The van der Waals surface area contributed by atoms with E-state index in [1.807, 2.05) is 31.2 Å². The highest BCUT2D eigenvalue weighted by atomic mass is 32.2. The lowest BCUT2D eigenvalue weighted by atomic mass is 9.99. The molecule has 0 bridgehead atoms. The van der Waals surface area contributed by atoms with Gasteiger partial charge in [0, 0.05) is 19.1 Å². The van der Waals surface area contributed by atoms with Gasteiger partial charge in [0.2, 0.25) is 10.0 Å². The van der Waals surface area contributed by atoms with Crippen LogP contribution in [-0.2, 0) is 19.5 Å². The zero-order valence-electron chi connectivity index (χ0n) is 16.9. The molecule has 1 aromatic rings. The van der Waals surface area contributed by atoms with Crippen LogP contribution in [0.25, 0.3) is 0 Å². The van der Waals surface area contributed by atoms with E-state index in [1.165, 1.54) is 0 Å². The van der Waals surface area contributed by atoms with Gasteiger partial charge in [-0.25, -0.2) is 13.1 Å². The summed E-state index contributed by atoms with van der Waals surface area (Å²) in [6.45, 7) is 10.5. The zero-order chi connectivity index (χ0) is 19.9. The van der Waals surface area contributed by atoms with Crippen molar-refractivity contribution in [2.45, 2.75) is 52.7 Å². The number of nitrogens with one attached hydrogen (secondary N) is 1. The molecule has 1 aromatic carbocycles. The minimum Gasteiger partial charge on any atom is -0.488 e. The summed E-state index contributed by atoms with van der Waals surface area (Å²) in [6.07, 6.45) is 1.42. The molecule has 6 nitrogen and oxygen atoms in total. The Morgan fingerprint density at radius 2 is 2.11 bits per heavy atom. The summed E-state index contributed by atoms with van der Waals surface area (Å²) in [7, 11) is -3.37. The second-order valence-corrected chi connectivity index (χ2v) is 10.2. The highest BCUT2D eigenvalue weighted by molar-refractivity contribution is 7.89. The molecular weight excluding hydrogens is 366 g/mol. The Bertz CT molecular complexity index is 678. The van der Waals surface area contributed by atoms with Crippen molar-refractivity contribution in [3.63, 3.8) is 0 Å². The Hall–Kier alpha value is -1.15. The average Bonchev–Trinajstić information content (AvgIpc) is 3.06. The summed E-state index contributed by atoms with van der Waals surface area (Å²) in [5.74, 6) is 0.793. The van der Waals surface area contributed by atoms with Gasteiger partial charge in [-0.3, -0.25) is 0 Å². The summed E-state index contributed by atoms with van der Waals surface area (Å²) in [5.41, 5.74) is 0.961. The van der Waals surface area contributed by atoms with Gasteiger partial charge in [0.1, 0.15) is 11.9 Å². The molecule has 0 unspecified atom stereocenters. The monoisotopic (exact) mass is 399 g/mol. The van der Waals surface area contributed by atoms with Gasteiger partial charge in [0.15, 0.2) is 0 Å². The lowest BCUT2D eigenvalue weighted by molar-refractivity contribution is 0.0720. The number of sulfonamides is 1. The highest BCUT2D eigenvalue weighted by Gasteiger charge is 2.19. The van der Waals surface area contributed by atoms with Gasteiger partial charge in [-0.05, 0) is 36.5 Å². The summed E-state index contributed by atoms with van der Waals surface area (Å²) in [6, 6.07) is 7.23. The minimum atomic E-state index is -3.37. The summed E-state index contributed by atoms with van der Waals surface area (Å²) >= 11 is 0. The fourth-order valence-corrected chi connectivity index (χ4v) is 4.07. The first-order chi connectivity index (χ1) is 12.6. The standard InChI is InChI=1S/C20H33NO5S/c1-16(21-27(22,23)12-6-10-25-15-20(2,3)4)17-7-5-8-18(13-17)26-19-9-11-24-14-19/h5,7-8,13,16,19,21H,6,9-12,14-15H2,1-4H3/t16-,19+/m1/s1. The van der Waals surface area contributed by atoms with E-state index in [9.17, 15) is 8.42 Å². The van der Waals surface area contributed by atoms with E-state index in [0.717, 1.165) is 24.3 Å². The molecule has 0 saturated carbocycles. The average molecular weight is 400 g/mol. The fourth-order valence-electron chi connectivity index (χ4n) is 2.78. The first-order valence-corrected chi connectivity index (χ1v) is 11.2. The summed E-state index contributed by atoms with van der Waals surface area (Å²) in [4.78, 5) is 0. The van der Waals surface area contributed by atoms with Crippen molar-refractivity contribution in [3.05, 3.63) is 29.8 Å². The van der Waals surface area contributed by atoms with Gasteiger partial charge in [-0.1, -0.05) is 32.9 Å². The van der Waals surface area contributed by atoms with E-state index < -0.39 is 10.0 Å². The molecule has 1 N–H and O–H groups in total. The van der Waals surface area contributed by atoms with Crippen LogP contribution in [0.1, 0.15) is 52.1 Å². The Kier molecular flexibility index (Phi) is 8.09. The second kappa shape index (κ2) is 9.87. The molecule has 1 saturated heterocycles. The lowest BCUT2D eigenvalue weighted by Gasteiger charge is -2.19. The maximum Gasteiger partial charge on any atom is 0.212 e. The third-order valence-electron chi connectivity index (χ3n) is 4.14. The van der Waals surface area contributed by atoms with Crippen LogP contribution < -0.4 is 9.46 Å². The van der Waals surface area contributed by atoms with E-state index in [2.05, 4.69) is 25.5 Å². The smallest absolute Gasteiger partial charge is 0.212 e. The summed E-state index contributed by atoms with van der Waals surface area (Å²) < 4.78 is 44.1. The summed E-state index contributed by atoms with van der Waals surface area (Å²) in [5, 5.41) is 0. The maximum absolute atomic E-state index is 12.3. The molecule has 2 atom stereocenters. The second-order valence-electron chi connectivity index (χ2n) is 8.30. The predicted molar refractivity (Wildman–Crippen MR) is 107 cm³/mol. The number of hydrogen-bond acceptors (Lipinski definition) is 5. The third kappa shape index (κ3) is 8.60. The van der Waals surface area contributed by atoms with Gasteiger partial charge in [0.05, 0.1) is 25.6 Å². The van der Waals surface area contributed by atoms with Gasteiger partial charge in [-0.2, -0.15) is 0 Å². The highest BCUT2D eigenvalue weighted by Crippen LogP contribution is 2.22. The van der Waals surface area contributed by atoms with Gasteiger partial charge >= 0.3 is 0 Å². The van der Waals surface area contributed by atoms with Crippen molar-refractivity contribution in [2.24, 2.45) is 5.41 Å². The van der Waals surface area contributed by atoms with Crippen molar-refractivity contribution in [1.29, 1.82) is 0 Å². The molecule has 0 spiro atoms. The topological polar surface area (TPSA) is 73.9 Å². The lowest BCUT2D eigenvalue weighted by Crippen LogP contribution is -2.29. The number of hydrogen-bond donors (Lipinski definition) is 1. The van der Waals surface area contributed by atoms with E-state index in [0.29, 0.717) is 26.2 Å². The maximum atomic E-state index is 12.3. The van der Waals surface area contributed by atoms with E-state index in [-0.39, 0.29) is 23.3 Å². The molecule has 1 heterocycles. The first-order valence-electron chi connectivity index (χ1n) is 9.57. The van der Waals surface area contributed by atoms with Crippen LogP contribution in [-0.4, -0.2) is 46.7 Å². The van der Waals surface area contributed by atoms with Crippen molar-refractivity contribution >= 4 is 10.0 Å².